The number of nitrogens with one attached hydrogen (secondary N) is 3. The molecule has 0 aliphatic carbocycles. The van der Waals surface area contributed by atoms with Gasteiger partial charge in [0, 0.05) is 44.1 Å². The molecule has 13 heteroatoms. The second-order valence-corrected chi connectivity index (χ2v) is 12.3. The van der Waals surface area contributed by atoms with Crippen LogP contribution in [-0.4, -0.2) is 63.1 Å². The number of hydrogen-bond acceptors (Lipinski definition) is 9. The number of oxazole rings is 1. The van der Waals surface area contributed by atoms with Crippen molar-refractivity contribution in [2.24, 2.45) is 5.92 Å². The largest absolute Gasteiger partial charge is 0.443 e. The third kappa shape index (κ3) is 8.02. The molecule has 12 nitrogen and oxygen atoms in total. The summed E-state index contributed by atoms with van der Waals surface area (Å²) in [6, 6.07) is 13.6. The van der Waals surface area contributed by atoms with Crippen LogP contribution in [0.5, 0.6) is 0 Å². The number of thiazole rings is 1. The maximum atomic E-state index is 13.5. The zero-order valence-electron chi connectivity index (χ0n) is 26.0. The van der Waals surface area contributed by atoms with Crippen molar-refractivity contribution < 1.29 is 23.6 Å². The molecular formula is C33H37N7O5S. The lowest BCUT2D eigenvalue weighted by atomic mass is 10.0. The lowest BCUT2D eigenvalue weighted by Gasteiger charge is -2.23. The van der Waals surface area contributed by atoms with Crippen LogP contribution in [0.4, 0.5) is 0 Å². The molecule has 0 spiro atoms. The number of benzene rings is 1. The van der Waals surface area contributed by atoms with E-state index in [-0.39, 0.29) is 66.8 Å². The van der Waals surface area contributed by atoms with Gasteiger partial charge in [-0.1, -0.05) is 50.2 Å². The maximum Gasteiger partial charge on any atom is 0.274 e. The Balaban J connectivity index is 1.45. The number of pyridine rings is 1. The number of carbonyl (C=O) groups excluding carboxylic acids is 4. The Bertz CT molecular complexity index is 1670. The van der Waals surface area contributed by atoms with E-state index in [1.807, 2.05) is 44.2 Å². The highest BCUT2D eigenvalue weighted by molar-refractivity contribution is 7.09. The Labute approximate surface area is 271 Å². The van der Waals surface area contributed by atoms with Crippen LogP contribution in [-0.2, 0) is 11.2 Å². The van der Waals surface area contributed by atoms with Crippen molar-refractivity contribution in [2.45, 2.75) is 52.1 Å². The van der Waals surface area contributed by atoms with Crippen LogP contribution < -0.4 is 16.0 Å². The smallest absolute Gasteiger partial charge is 0.274 e. The zero-order valence-corrected chi connectivity index (χ0v) is 26.8. The second kappa shape index (κ2) is 14.9. The SMILES string of the molecule is Cc1oc2nc1C(=O)N[C@@H](C(C)C)c1nc(cs1)C(=O)NCCN(C(=O)c1ccccn1)CCCC(=O)N[C@H]2Cc1ccccc1. The van der Waals surface area contributed by atoms with Gasteiger partial charge in [0.05, 0.1) is 6.04 Å². The van der Waals surface area contributed by atoms with E-state index >= 15 is 0 Å². The van der Waals surface area contributed by atoms with Crippen LogP contribution in [0.2, 0.25) is 0 Å². The van der Waals surface area contributed by atoms with Crippen LogP contribution in [0.15, 0.2) is 64.5 Å². The molecule has 46 heavy (non-hydrogen) atoms. The maximum absolute atomic E-state index is 13.5. The standard InChI is InChI=1S/C33H37N7O5S/c1-20(2)27-32-37-25(19-46-32)29(42)35-15-17-40(33(44)23-12-7-8-14-34-23)16-9-13-26(41)36-24(18-22-10-5-4-6-11-22)31-39-28(21(3)45-31)30(43)38-27/h4-8,10-12,14,19-20,24,27H,9,13,15-18H2,1-3H3,(H,35,42)(H,36,41)(H,38,43)/t24-,27-/m0/s1. The first-order valence-corrected chi connectivity index (χ1v) is 16.1. The van der Waals surface area contributed by atoms with Crippen LogP contribution in [0, 0.1) is 12.8 Å². The molecule has 1 aliphatic rings. The summed E-state index contributed by atoms with van der Waals surface area (Å²) in [4.78, 5) is 67.9. The molecule has 0 saturated carbocycles. The summed E-state index contributed by atoms with van der Waals surface area (Å²) < 4.78 is 5.99. The molecule has 0 fully saturated rings. The fourth-order valence-electron chi connectivity index (χ4n) is 5.14. The average molecular weight is 644 g/mol. The minimum Gasteiger partial charge on any atom is -0.443 e. The lowest BCUT2D eigenvalue weighted by Crippen LogP contribution is -2.40. The quantitative estimate of drug-likeness (QED) is 0.301. The summed E-state index contributed by atoms with van der Waals surface area (Å²) in [5, 5.41) is 11.1. The van der Waals surface area contributed by atoms with Crippen molar-refractivity contribution in [2.75, 3.05) is 19.6 Å². The molecule has 4 heterocycles. The number of nitrogens with zero attached hydrogens (tertiary/aromatic N) is 4. The van der Waals surface area contributed by atoms with E-state index in [1.54, 1.807) is 41.6 Å². The third-order valence-electron chi connectivity index (χ3n) is 7.59. The van der Waals surface area contributed by atoms with Crippen molar-refractivity contribution >= 4 is 35.0 Å². The highest BCUT2D eigenvalue weighted by Crippen LogP contribution is 2.27. The minimum atomic E-state index is -0.635. The first kappa shape index (κ1) is 32.5. The van der Waals surface area contributed by atoms with E-state index in [1.165, 1.54) is 11.3 Å². The summed E-state index contributed by atoms with van der Waals surface area (Å²) in [5.41, 5.74) is 1.56. The van der Waals surface area contributed by atoms with Crippen molar-refractivity contribution in [3.05, 3.63) is 99.4 Å². The monoisotopic (exact) mass is 643 g/mol. The Morgan fingerprint density at radius 1 is 1.02 bits per heavy atom. The van der Waals surface area contributed by atoms with E-state index in [4.69, 9.17) is 4.42 Å². The molecule has 1 aliphatic heterocycles. The topological polar surface area (TPSA) is 159 Å². The highest BCUT2D eigenvalue weighted by Gasteiger charge is 2.29. The Morgan fingerprint density at radius 2 is 1.80 bits per heavy atom. The molecular weight excluding hydrogens is 606 g/mol. The van der Waals surface area contributed by atoms with Gasteiger partial charge in [0.1, 0.15) is 28.2 Å². The van der Waals surface area contributed by atoms with E-state index in [9.17, 15) is 19.2 Å². The zero-order chi connectivity index (χ0) is 32.6. The molecule has 3 aromatic heterocycles. The fraction of sp³-hybridized carbons (Fsp3) is 0.364. The summed E-state index contributed by atoms with van der Waals surface area (Å²) in [7, 11) is 0. The molecule has 4 amide bonds. The summed E-state index contributed by atoms with van der Waals surface area (Å²) in [5.74, 6) is -0.901. The number of aromatic nitrogens is 3. The summed E-state index contributed by atoms with van der Waals surface area (Å²) in [6.45, 7) is 6.20. The number of fused-ring (bicyclic) bond motifs is 4. The van der Waals surface area contributed by atoms with Crippen molar-refractivity contribution in [1.82, 2.24) is 35.8 Å². The molecule has 0 unspecified atom stereocenters. The normalized spacial score (nSPS) is 18.4. The van der Waals surface area contributed by atoms with Crippen molar-refractivity contribution in [3.63, 3.8) is 0 Å². The number of hydrogen-bond donors (Lipinski definition) is 3. The predicted molar refractivity (Wildman–Crippen MR) is 171 cm³/mol. The lowest BCUT2D eigenvalue weighted by molar-refractivity contribution is -0.122. The first-order valence-electron chi connectivity index (χ1n) is 15.2. The first-order chi connectivity index (χ1) is 22.2. The van der Waals surface area contributed by atoms with Gasteiger partial charge in [0.2, 0.25) is 11.8 Å². The molecule has 0 saturated heterocycles. The van der Waals surface area contributed by atoms with Gasteiger partial charge in [-0.15, -0.1) is 11.3 Å². The Morgan fingerprint density at radius 3 is 2.54 bits per heavy atom. The minimum absolute atomic E-state index is 0.0492. The van der Waals surface area contributed by atoms with Gasteiger partial charge >= 0.3 is 0 Å². The molecule has 1 aromatic carbocycles. The Kier molecular flexibility index (Phi) is 10.5. The van der Waals surface area contributed by atoms with Crippen LogP contribution in [0.25, 0.3) is 0 Å². The Hall–Kier alpha value is -4.91. The van der Waals surface area contributed by atoms with Crippen LogP contribution in [0.1, 0.15) is 92.5 Å². The van der Waals surface area contributed by atoms with Gasteiger partial charge < -0.3 is 25.3 Å². The second-order valence-electron chi connectivity index (χ2n) is 11.4. The van der Waals surface area contributed by atoms with Crippen molar-refractivity contribution in [1.29, 1.82) is 0 Å². The van der Waals surface area contributed by atoms with Crippen molar-refractivity contribution in [3.8, 4) is 0 Å². The molecule has 0 radical (unpaired) electrons. The molecule has 5 rings (SSSR count). The summed E-state index contributed by atoms with van der Waals surface area (Å²) >= 11 is 1.28. The van der Waals surface area contributed by atoms with Gasteiger partial charge in [-0.25, -0.2) is 9.97 Å². The molecule has 4 bridgehead atoms. The molecule has 3 N–H and O–H groups in total. The van der Waals surface area contributed by atoms with Crippen LogP contribution in [0.3, 0.4) is 0 Å². The summed E-state index contributed by atoms with van der Waals surface area (Å²) in [6.07, 6.45) is 2.42. The fourth-order valence-corrected chi connectivity index (χ4v) is 6.16. The van der Waals surface area contributed by atoms with Gasteiger partial charge in [0.15, 0.2) is 5.69 Å². The van der Waals surface area contributed by atoms with Gasteiger partial charge in [-0.2, -0.15) is 0 Å². The number of rotatable bonds is 4. The third-order valence-corrected chi connectivity index (χ3v) is 8.52. The number of carbonyl (C=O) groups is 4. The van der Waals surface area contributed by atoms with E-state index < -0.39 is 23.9 Å². The highest BCUT2D eigenvalue weighted by atomic mass is 32.1. The van der Waals surface area contributed by atoms with Gasteiger partial charge in [-0.3, -0.25) is 24.2 Å². The average Bonchev–Trinajstić information content (AvgIpc) is 3.70. The number of amides is 4. The number of aryl methyl sites for hydroxylation is 1. The predicted octanol–water partition coefficient (Wildman–Crippen LogP) is 4.03. The van der Waals surface area contributed by atoms with Gasteiger partial charge in [-0.05, 0) is 37.0 Å². The van der Waals surface area contributed by atoms with E-state index in [2.05, 4.69) is 30.9 Å². The van der Waals surface area contributed by atoms with E-state index in [0.29, 0.717) is 23.6 Å². The van der Waals surface area contributed by atoms with E-state index in [0.717, 1.165) is 5.56 Å². The molecule has 2 atom stereocenters. The molecule has 240 valence electrons. The van der Waals surface area contributed by atoms with Gasteiger partial charge in [0.25, 0.3) is 17.7 Å². The van der Waals surface area contributed by atoms with Crippen LogP contribution >= 0.6 is 11.3 Å². The molecule has 4 aromatic rings.